The Bertz CT molecular complexity index is 638. The molecule has 106 valence electrons. The summed E-state index contributed by atoms with van der Waals surface area (Å²) in [4.78, 5) is 22.6. The van der Waals surface area contributed by atoms with E-state index in [0.29, 0.717) is 11.6 Å². The Balaban J connectivity index is 1.94. The van der Waals surface area contributed by atoms with Gasteiger partial charge in [0, 0.05) is 18.9 Å². The van der Waals surface area contributed by atoms with Crippen LogP contribution in [0.2, 0.25) is 5.02 Å². The van der Waals surface area contributed by atoms with Crippen molar-refractivity contribution in [2.75, 3.05) is 13.6 Å². The van der Waals surface area contributed by atoms with Gasteiger partial charge in [-0.1, -0.05) is 17.7 Å². The number of benzene rings is 1. The van der Waals surface area contributed by atoms with E-state index in [1.165, 1.54) is 7.05 Å². The summed E-state index contributed by atoms with van der Waals surface area (Å²) in [6, 6.07) is 5.54. The molecule has 2 N–H and O–H groups in total. The quantitative estimate of drug-likeness (QED) is 0.862. The largest absolute Gasteiger partial charge is 0.358 e. The summed E-state index contributed by atoms with van der Waals surface area (Å²) in [5.74, 6) is -0.422. The molecular formula is C13H15ClN4O2. The van der Waals surface area contributed by atoms with Crippen molar-refractivity contribution in [3.8, 4) is 0 Å². The van der Waals surface area contributed by atoms with E-state index in [4.69, 9.17) is 11.6 Å². The fraction of sp³-hybridized carbons (Fsp3) is 0.308. The molecule has 0 spiro atoms. The smallest absolute Gasteiger partial charge is 0.239 e. The number of amides is 2. The Hall–Kier alpha value is -2.08. The van der Waals surface area contributed by atoms with Crippen LogP contribution in [0.1, 0.15) is 6.42 Å². The van der Waals surface area contributed by atoms with Crippen molar-refractivity contribution in [3.63, 3.8) is 0 Å². The highest BCUT2D eigenvalue weighted by atomic mass is 35.5. The van der Waals surface area contributed by atoms with Crippen LogP contribution < -0.4 is 10.6 Å². The summed E-state index contributed by atoms with van der Waals surface area (Å²) in [7, 11) is 1.52. The van der Waals surface area contributed by atoms with E-state index in [2.05, 4.69) is 15.7 Å². The summed E-state index contributed by atoms with van der Waals surface area (Å²) in [6.45, 7) is 0.421. The first kappa shape index (κ1) is 14.3. The second-order valence-corrected chi connectivity index (χ2v) is 4.65. The van der Waals surface area contributed by atoms with Gasteiger partial charge in [-0.25, -0.2) is 0 Å². The third-order valence-corrected chi connectivity index (χ3v) is 3.24. The molecule has 0 aliphatic heterocycles. The summed E-state index contributed by atoms with van der Waals surface area (Å²) in [5, 5.41) is 10.7. The Morgan fingerprint density at radius 3 is 2.90 bits per heavy atom. The van der Waals surface area contributed by atoms with E-state index in [9.17, 15) is 9.59 Å². The molecule has 0 atom stereocenters. The molecular weight excluding hydrogens is 280 g/mol. The first-order chi connectivity index (χ1) is 9.61. The molecule has 1 heterocycles. The monoisotopic (exact) mass is 294 g/mol. The van der Waals surface area contributed by atoms with Crippen molar-refractivity contribution in [1.29, 1.82) is 0 Å². The predicted molar refractivity (Wildman–Crippen MR) is 76.4 cm³/mol. The van der Waals surface area contributed by atoms with Crippen LogP contribution in [0.25, 0.3) is 10.9 Å². The minimum Gasteiger partial charge on any atom is -0.358 e. The van der Waals surface area contributed by atoms with Gasteiger partial charge in [0.2, 0.25) is 11.8 Å². The van der Waals surface area contributed by atoms with Crippen LogP contribution in [0, 0.1) is 0 Å². The van der Waals surface area contributed by atoms with E-state index < -0.39 is 0 Å². The lowest BCUT2D eigenvalue weighted by molar-refractivity contribution is -0.126. The first-order valence-electron chi connectivity index (χ1n) is 6.19. The van der Waals surface area contributed by atoms with Crippen LogP contribution in [-0.4, -0.2) is 35.2 Å². The maximum Gasteiger partial charge on any atom is 0.239 e. The second-order valence-electron chi connectivity index (χ2n) is 4.24. The minimum atomic E-state index is -0.227. The van der Waals surface area contributed by atoms with Crippen LogP contribution in [0.5, 0.6) is 0 Å². The van der Waals surface area contributed by atoms with Gasteiger partial charge in [0.25, 0.3) is 0 Å². The third kappa shape index (κ3) is 3.27. The molecule has 0 saturated carbocycles. The predicted octanol–water partition coefficient (Wildman–Crippen LogP) is 0.942. The summed E-state index contributed by atoms with van der Waals surface area (Å²) in [5.41, 5.74) is 0.886. The lowest BCUT2D eigenvalue weighted by Crippen LogP contribution is -2.35. The zero-order valence-electron chi connectivity index (χ0n) is 11.0. The van der Waals surface area contributed by atoms with Crippen LogP contribution in [-0.2, 0) is 16.1 Å². The highest BCUT2D eigenvalue weighted by Gasteiger charge is 2.08. The Kier molecular flexibility index (Phi) is 4.57. The van der Waals surface area contributed by atoms with Gasteiger partial charge in [-0.2, -0.15) is 5.10 Å². The average Bonchev–Trinajstić information content (AvgIpc) is 2.87. The third-order valence-electron chi connectivity index (χ3n) is 2.91. The lowest BCUT2D eigenvalue weighted by atomic mass is 10.2. The van der Waals surface area contributed by atoms with Crippen LogP contribution in [0.15, 0.2) is 24.4 Å². The normalized spacial score (nSPS) is 10.5. The molecule has 0 saturated heterocycles. The topological polar surface area (TPSA) is 76.0 Å². The number of halogens is 1. The van der Waals surface area contributed by atoms with Gasteiger partial charge in [-0.15, -0.1) is 0 Å². The van der Waals surface area contributed by atoms with Gasteiger partial charge >= 0.3 is 0 Å². The van der Waals surface area contributed by atoms with E-state index in [0.717, 1.165) is 10.9 Å². The number of carbonyl (C=O) groups is 2. The van der Waals surface area contributed by atoms with Crippen molar-refractivity contribution in [3.05, 3.63) is 29.4 Å². The number of hydrogen-bond acceptors (Lipinski definition) is 3. The molecule has 0 fully saturated rings. The highest BCUT2D eigenvalue weighted by Crippen LogP contribution is 2.22. The van der Waals surface area contributed by atoms with Crippen LogP contribution in [0.4, 0.5) is 0 Å². The van der Waals surface area contributed by atoms with Gasteiger partial charge in [-0.3, -0.25) is 14.3 Å². The van der Waals surface area contributed by atoms with Crippen molar-refractivity contribution in [2.45, 2.75) is 13.0 Å². The minimum absolute atomic E-state index is 0.0129. The number of aryl methyl sites for hydroxylation is 1. The molecule has 0 bridgehead atoms. The number of carbonyl (C=O) groups excluding carboxylic acids is 2. The zero-order valence-corrected chi connectivity index (χ0v) is 11.8. The zero-order chi connectivity index (χ0) is 14.5. The van der Waals surface area contributed by atoms with Crippen molar-refractivity contribution < 1.29 is 9.59 Å². The molecule has 2 amide bonds. The number of hydrogen-bond donors (Lipinski definition) is 2. The number of fused-ring (bicyclic) bond motifs is 1. The fourth-order valence-electron chi connectivity index (χ4n) is 1.81. The summed E-state index contributed by atoms with van der Waals surface area (Å²) < 4.78 is 1.72. The summed E-state index contributed by atoms with van der Waals surface area (Å²) in [6.07, 6.45) is 1.93. The van der Waals surface area contributed by atoms with Gasteiger partial charge in [0.1, 0.15) is 0 Å². The molecule has 0 aliphatic carbocycles. The molecule has 7 heteroatoms. The molecule has 0 radical (unpaired) electrons. The Labute approximate surface area is 121 Å². The lowest BCUT2D eigenvalue weighted by Gasteiger charge is -2.05. The standard InChI is InChI=1S/C13H15ClN4O2/c1-15-13(20)8-16-12(19)5-6-18-11-4-2-3-10(14)9(11)7-17-18/h2-4,7H,5-6,8H2,1H3,(H,15,20)(H,16,19). The average molecular weight is 295 g/mol. The molecule has 2 aromatic rings. The number of nitrogens with one attached hydrogen (secondary N) is 2. The Morgan fingerprint density at radius 2 is 2.15 bits per heavy atom. The van der Waals surface area contributed by atoms with E-state index in [1.807, 2.05) is 12.1 Å². The van der Waals surface area contributed by atoms with E-state index in [1.54, 1.807) is 16.9 Å². The van der Waals surface area contributed by atoms with Gasteiger partial charge < -0.3 is 10.6 Å². The SMILES string of the molecule is CNC(=O)CNC(=O)CCn1ncc2c(Cl)cccc21. The molecule has 1 aromatic carbocycles. The first-order valence-corrected chi connectivity index (χ1v) is 6.57. The molecule has 0 unspecified atom stereocenters. The molecule has 2 rings (SSSR count). The maximum atomic E-state index is 11.6. The molecule has 1 aromatic heterocycles. The second kappa shape index (κ2) is 6.38. The summed E-state index contributed by atoms with van der Waals surface area (Å²) >= 11 is 6.06. The number of nitrogens with zero attached hydrogens (tertiary/aromatic N) is 2. The fourth-order valence-corrected chi connectivity index (χ4v) is 2.03. The van der Waals surface area contributed by atoms with E-state index in [-0.39, 0.29) is 24.8 Å². The van der Waals surface area contributed by atoms with Crippen LogP contribution >= 0.6 is 11.6 Å². The van der Waals surface area contributed by atoms with Gasteiger partial charge in [-0.05, 0) is 12.1 Å². The number of likely N-dealkylation sites (N-methyl/N-ethyl adjacent to an activating group) is 1. The molecule has 20 heavy (non-hydrogen) atoms. The van der Waals surface area contributed by atoms with Crippen molar-refractivity contribution in [1.82, 2.24) is 20.4 Å². The number of rotatable bonds is 5. The molecule has 0 aliphatic rings. The van der Waals surface area contributed by atoms with Gasteiger partial charge in [0.05, 0.1) is 29.8 Å². The highest BCUT2D eigenvalue weighted by molar-refractivity contribution is 6.35. The number of aromatic nitrogens is 2. The molecule has 6 nitrogen and oxygen atoms in total. The van der Waals surface area contributed by atoms with Gasteiger partial charge in [0.15, 0.2) is 0 Å². The van der Waals surface area contributed by atoms with Crippen LogP contribution in [0.3, 0.4) is 0 Å². The van der Waals surface area contributed by atoms with Crippen molar-refractivity contribution in [2.24, 2.45) is 0 Å². The van der Waals surface area contributed by atoms with Crippen molar-refractivity contribution >= 4 is 34.3 Å². The maximum absolute atomic E-state index is 11.6. The van der Waals surface area contributed by atoms with E-state index >= 15 is 0 Å². The Morgan fingerprint density at radius 1 is 1.35 bits per heavy atom.